The maximum absolute atomic E-state index is 6.19. The first-order chi connectivity index (χ1) is 23.4. The van der Waals surface area contributed by atoms with Crippen LogP contribution in [0.15, 0.2) is 53.8 Å². The summed E-state index contributed by atoms with van der Waals surface area (Å²) in [4.78, 5) is 6.19. The molecule has 0 bridgehead atoms. The molecule has 3 heteroatoms. The van der Waals surface area contributed by atoms with Crippen LogP contribution in [-0.2, 0) is 4.84 Å². The van der Waals surface area contributed by atoms with Gasteiger partial charge >= 0.3 is 0 Å². The Labute approximate surface area is 302 Å². The third kappa shape index (κ3) is 38.8. The molecule has 0 unspecified atom stereocenters. The number of unbranched alkanes of at least 4 members (excludes halogenated alkanes) is 18. The monoisotopic (exact) mass is 670 g/mol. The maximum atomic E-state index is 6.19. The van der Waals surface area contributed by atoms with E-state index >= 15 is 0 Å². The van der Waals surface area contributed by atoms with Gasteiger partial charge in [-0.05, 0) is 103 Å². The Balaban J connectivity index is 4.16. The van der Waals surface area contributed by atoms with Gasteiger partial charge in [0.15, 0.2) is 0 Å². The first-order valence-electron chi connectivity index (χ1n) is 21.0. The zero-order chi connectivity index (χ0) is 35.2. The molecule has 0 aliphatic rings. The van der Waals surface area contributed by atoms with Gasteiger partial charge in [0, 0.05) is 6.42 Å². The van der Waals surface area contributed by atoms with Gasteiger partial charge in [-0.2, -0.15) is 0 Å². The summed E-state index contributed by atoms with van der Waals surface area (Å²) >= 11 is 0. The second kappa shape index (κ2) is 36.7. The summed E-state index contributed by atoms with van der Waals surface area (Å²) in [6, 6.07) is 0. The van der Waals surface area contributed by atoms with E-state index in [4.69, 9.17) is 4.84 Å². The molecule has 280 valence electrons. The van der Waals surface area contributed by atoms with Crippen LogP contribution in [-0.4, -0.2) is 44.0 Å². The van der Waals surface area contributed by atoms with E-state index in [1.54, 1.807) is 0 Å². The fraction of sp³-hybridized carbons (Fsp3) is 0.800. The number of allylic oxidation sites excluding steroid dienone is 8. The molecule has 0 N–H and O–H groups in total. The van der Waals surface area contributed by atoms with Crippen molar-refractivity contribution in [2.24, 2.45) is 5.16 Å². The molecule has 0 saturated heterocycles. The summed E-state index contributed by atoms with van der Waals surface area (Å²) in [6.45, 7) is 7.86. The van der Waals surface area contributed by atoms with Crippen LogP contribution in [0.4, 0.5) is 0 Å². The standard InChI is InChI=1S/C45H85N2O/c1-7-9-11-13-15-17-19-21-23-25-27-29-31-33-35-37-41-45(48-46-44(3)40-39-43-47(4,5)6)42-38-36-34-32-30-28-26-24-22-20-18-16-14-12-10-8-2/h15-18,21-24,45H,7-14,19-20,25-43H2,1-6H3/q+1/b17-15-,18-16-,23-21-,24-22-,46-44?. The number of hydrogen-bond acceptors (Lipinski definition) is 2. The lowest BCUT2D eigenvalue weighted by atomic mass is 10.0. The molecule has 0 atom stereocenters. The van der Waals surface area contributed by atoms with Gasteiger partial charge in [0.1, 0.15) is 6.10 Å². The zero-order valence-corrected chi connectivity index (χ0v) is 33.5. The van der Waals surface area contributed by atoms with E-state index in [0.717, 1.165) is 42.3 Å². The van der Waals surface area contributed by atoms with Crippen LogP contribution < -0.4 is 0 Å². The normalized spacial score (nSPS) is 13.1. The highest BCUT2D eigenvalue weighted by molar-refractivity contribution is 5.81. The molecule has 48 heavy (non-hydrogen) atoms. The van der Waals surface area contributed by atoms with Gasteiger partial charge in [-0.15, -0.1) is 0 Å². The minimum Gasteiger partial charge on any atom is -0.393 e. The number of quaternary nitrogens is 1. The van der Waals surface area contributed by atoms with Gasteiger partial charge in [0.2, 0.25) is 0 Å². The van der Waals surface area contributed by atoms with Crippen molar-refractivity contribution < 1.29 is 9.32 Å². The Morgan fingerprint density at radius 3 is 1.27 bits per heavy atom. The quantitative estimate of drug-likeness (QED) is 0.0214. The number of hydrogen-bond donors (Lipinski definition) is 0. The van der Waals surface area contributed by atoms with E-state index in [1.165, 1.54) is 154 Å². The van der Waals surface area contributed by atoms with Crippen LogP contribution in [0.1, 0.15) is 201 Å². The Morgan fingerprint density at radius 2 is 0.875 bits per heavy atom. The van der Waals surface area contributed by atoms with Crippen LogP contribution >= 0.6 is 0 Å². The van der Waals surface area contributed by atoms with Crippen LogP contribution in [0.5, 0.6) is 0 Å². The first kappa shape index (κ1) is 46.4. The highest BCUT2D eigenvalue weighted by Crippen LogP contribution is 2.18. The van der Waals surface area contributed by atoms with Gasteiger partial charge in [0.05, 0.1) is 33.4 Å². The molecule has 0 aliphatic carbocycles. The molecule has 0 aromatic heterocycles. The average Bonchev–Trinajstić information content (AvgIpc) is 3.05. The summed E-state index contributed by atoms with van der Waals surface area (Å²) in [5, 5.41) is 4.62. The Bertz CT molecular complexity index is 752. The Kier molecular flexibility index (Phi) is 35.4. The summed E-state index contributed by atoms with van der Waals surface area (Å²) in [5.74, 6) is 0. The molecule has 0 spiro atoms. The largest absolute Gasteiger partial charge is 0.393 e. The van der Waals surface area contributed by atoms with Crippen molar-refractivity contribution in [3.63, 3.8) is 0 Å². The van der Waals surface area contributed by atoms with Crippen molar-refractivity contribution in [1.29, 1.82) is 0 Å². The lowest BCUT2D eigenvalue weighted by molar-refractivity contribution is -0.870. The Morgan fingerprint density at radius 1 is 0.500 bits per heavy atom. The SMILES string of the molecule is CCCCC/C=C\C/C=C\CCCCCCCCC(CCCCCCCC/C=C\C/C=C\CCCCC)ON=C(C)CCC[N+](C)(C)C. The minimum atomic E-state index is 0.287. The van der Waals surface area contributed by atoms with E-state index in [2.05, 4.69) is 95.7 Å². The van der Waals surface area contributed by atoms with Crippen molar-refractivity contribution >= 4 is 5.71 Å². The summed E-state index contributed by atoms with van der Waals surface area (Å²) in [7, 11) is 6.79. The second-order valence-electron chi connectivity index (χ2n) is 15.4. The number of rotatable bonds is 36. The fourth-order valence-electron chi connectivity index (χ4n) is 5.99. The molecule has 3 nitrogen and oxygen atoms in total. The second-order valence-corrected chi connectivity index (χ2v) is 15.4. The smallest absolute Gasteiger partial charge is 0.127 e. The fourth-order valence-corrected chi connectivity index (χ4v) is 5.99. The Hall–Kier alpha value is -1.61. The lowest BCUT2D eigenvalue weighted by Gasteiger charge is -2.23. The molecule has 0 amide bonds. The third-order valence-electron chi connectivity index (χ3n) is 9.18. The highest BCUT2D eigenvalue weighted by atomic mass is 16.6. The third-order valence-corrected chi connectivity index (χ3v) is 9.18. The molecule has 0 fully saturated rings. The molecule has 0 aromatic carbocycles. The van der Waals surface area contributed by atoms with Crippen LogP contribution in [0.25, 0.3) is 0 Å². The van der Waals surface area contributed by atoms with Gasteiger partial charge in [0.25, 0.3) is 0 Å². The predicted octanol–water partition coefficient (Wildman–Crippen LogP) is 14.6. The number of nitrogens with zero attached hydrogens (tertiary/aromatic N) is 2. The highest BCUT2D eigenvalue weighted by Gasteiger charge is 2.11. The van der Waals surface area contributed by atoms with Gasteiger partial charge in [-0.3, -0.25) is 0 Å². The van der Waals surface area contributed by atoms with E-state index in [0.29, 0.717) is 0 Å². The molecule has 0 aromatic rings. The average molecular weight is 670 g/mol. The molecular weight excluding hydrogens is 585 g/mol. The molecule has 0 aliphatic heterocycles. The molecule has 0 rings (SSSR count). The van der Waals surface area contributed by atoms with Gasteiger partial charge in [-0.1, -0.05) is 145 Å². The van der Waals surface area contributed by atoms with Crippen molar-refractivity contribution in [1.82, 2.24) is 0 Å². The summed E-state index contributed by atoms with van der Waals surface area (Å²) < 4.78 is 1.01. The van der Waals surface area contributed by atoms with Crippen molar-refractivity contribution in [2.45, 2.75) is 207 Å². The minimum absolute atomic E-state index is 0.287. The van der Waals surface area contributed by atoms with E-state index in [-0.39, 0.29) is 6.10 Å². The van der Waals surface area contributed by atoms with Crippen LogP contribution in [0.3, 0.4) is 0 Å². The van der Waals surface area contributed by atoms with Crippen molar-refractivity contribution in [2.75, 3.05) is 27.7 Å². The van der Waals surface area contributed by atoms with Crippen molar-refractivity contribution in [3.8, 4) is 0 Å². The van der Waals surface area contributed by atoms with E-state index in [9.17, 15) is 0 Å². The van der Waals surface area contributed by atoms with Gasteiger partial charge in [-0.25, -0.2) is 0 Å². The lowest BCUT2D eigenvalue weighted by Crippen LogP contribution is -2.35. The van der Waals surface area contributed by atoms with E-state index in [1.807, 2.05) is 0 Å². The van der Waals surface area contributed by atoms with E-state index < -0.39 is 0 Å². The number of oxime groups is 1. The maximum Gasteiger partial charge on any atom is 0.127 e. The van der Waals surface area contributed by atoms with Gasteiger partial charge < -0.3 is 9.32 Å². The van der Waals surface area contributed by atoms with Crippen LogP contribution in [0.2, 0.25) is 0 Å². The predicted molar refractivity (Wildman–Crippen MR) is 218 cm³/mol. The molecule has 0 heterocycles. The zero-order valence-electron chi connectivity index (χ0n) is 33.5. The molecule has 0 radical (unpaired) electrons. The van der Waals surface area contributed by atoms with Crippen LogP contribution in [0, 0.1) is 0 Å². The first-order valence-corrected chi connectivity index (χ1v) is 21.0. The summed E-state index contributed by atoms with van der Waals surface area (Å²) in [6.07, 6.45) is 54.9. The molecular formula is C45H85N2O+. The summed E-state index contributed by atoms with van der Waals surface area (Å²) in [5.41, 5.74) is 1.16. The van der Waals surface area contributed by atoms with Crippen molar-refractivity contribution in [3.05, 3.63) is 48.6 Å². The molecule has 0 saturated carbocycles. The topological polar surface area (TPSA) is 21.6 Å².